The van der Waals surface area contributed by atoms with Crippen LogP contribution in [0.3, 0.4) is 0 Å². The number of ether oxygens (including phenoxy) is 1. The van der Waals surface area contributed by atoms with E-state index >= 15 is 0 Å². The lowest BCUT2D eigenvalue weighted by Crippen LogP contribution is -2.78. The molecule has 0 aromatic heterocycles. The number of hydrogen-bond donors (Lipinski definition) is 0. The highest BCUT2D eigenvalue weighted by atomic mass is 19.1. The van der Waals surface area contributed by atoms with Gasteiger partial charge >= 0.3 is 0 Å². The summed E-state index contributed by atoms with van der Waals surface area (Å²) in [5, 5.41) is 0. The van der Waals surface area contributed by atoms with Gasteiger partial charge in [-0.05, 0) is 50.1 Å². The van der Waals surface area contributed by atoms with Crippen LogP contribution < -0.4 is 4.90 Å². The van der Waals surface area contributed by atoms with Crippen molar-refractivity contribution < 1.29 is 18.7 Å². The number of hydrogen-bond acceptors (Lipinski definition) is 3. The topological polar surface area (TPSA) is 49.9 Å². The van der Waals surface area contributed by atoms with Crippen LogP contribution in [0.15, 0.2) is 48.5 Å². The molecule has 5 nitrogen and oxygen atoms in total. The number of methoxy groups -OCH3 is 1. The fraction of sp³-hybridized carbons (Fsp3) is 0.364. The van der Waals surface area contributed by atoms with Crippen molar-refractivity contribution in [1.29, 1.82) is 0 Å². The van der Waals surface area contributed by atoms with E-state index in [1.54, 1.807) is 17.0 Å². The van der Waals surface area contributed by atoms with Gasteiger partial charge in [-0.2, -0.15) is 0 Å². The number of β-lactam (4-membered cyclic amide) rings is 1. The average molecular weight is 382 g/mol. The van der Waals surface area contributed by atoms with Gasteiger partial charge in [0.1, 0.15) is 5.82 Å². The zero-order chi connectivity index (χ0) is 19.9. The number of piperidine rings is 1. The van der Waals surface area contributed by atoms with Gasteiger partial charge in [-0.25, -0.2) is 4.39 Å². The Morgan fingerprint density at radius 2 is 1.86 bits per heavy atom. The van der Waals surface area contributed by atoms with E-state index in [1.165, 1.54) is 19.2 Å². The largest absolute Gasteiger partial charge is 0.369 e. The molecule has 2 amide bonds. The van der Waals surface area contributed by atoms with Crippen LogP contribution in [0, 0.1) is 12.7 Å². The Bertz CT molecular complexity index is 922. The summed E-state index contributed by atoms with van der Waals surface area (Å²) < 4.78 is 19.2. The van der Waals surface area contributed by atoms with Crippen LogP contribution in [0.2, 0.25) is 0 Å². The first kappa shape index (κ1) is 18.6. The van der Waals surface area contributed by atoms with E-state index < -0.39 is 11.6 Å². The van der Waals surface area contributed by atoms with Crippen LogP contribution in [-0.4, -0.2) is 48.6 Å². The Morgan fingerprint density at radius 3 is 2.50 bits per heavy atom. The predicted octanol–water partition coefficient (Wildman–Crippen LogP) is 3.17. The summed E-state index contributed by atoms with van der Waals surface area (Å²) in [6, 6.07) is 13.6. The normalized spacial score (nSPS) is 21.0. The Balaban J connectivity index is 1.55. The van der Waals surface area contributed by atoms with Gasteiger partial charge in [0.2, 0.25) is 0 Å². The number of nitrogens with zero attached hydrogens (tertiary/aromatic N) is 2. The van der Waals surface area contributed by atoms with Crippen molar-refractivity contribution in [2.24, 2.45) is 0 Å². The fourth-order valence-corrected chi connectivity index (χ4v) is 4.48. The lowest BCUT2D eigenvalue weighted by atomic mass is 9.72. The minimum Gasteiger partial charge on any atom is -0.369 e. The molecule has 1 atom stereocenters. The molecule has 2 aromatic rings. The third kappa shape index (κ3) is 2.88. The summed E-state index contributed by atoms with van der Waals surface area (Å²) in [6.45, 7) is 3.00. The highest BCUT2D eigenvalue weighted by Crippen LogP contribution is 2.45. The molecule has 2 saturated heterocycles. The molecular weight excluding hydrogens is 359 g/mol. The van der Waals surface area contributed by atoms with Crippen molar-refractivity contribution >= 4 is 17.5 Å². The average Bonchev–Trinajstić information content (AvgIpc) is 2.68. The number of rotatable bonds is 3. The van der Waals surface area contributed by atoms with Crippen molar-refractivity contribution in [3.05, 3.63) is 65.5 Å². The summed E-state index contributed by atoms with van der Waals surface area (Å²) in [6.07, 6.45) is 0.614. The first-order valence-corrected chi connectivity index (χ1v) is 9.45. The van der Waals surface area contributed by atoms with Crippen LogP contribution in [0.4, 0.5) is 10.1 Å². The van der Waals surface area contributed by atoms with E-state index in [4.69, 9.17) is 4.74 Å². The lowest BCUT2D eigenvalue weighted by Gasteiger charge is -2.59. The standard InChI is InChI=1S/C22H23FN2O3/c1-15-5-3-6-16(13-15)20(26)24-11-9-22(10-12-24)19(28-2)21(27)25(22)18-8-4-7-17(23)14-18/h3-8,13-14,19H,9-12H2,1-2H3. The fourth-order valence-electron chi connectivity index (χ4n) is 4.48. The van der Waals surface area contributed by atoms with Gasteiger partial charge in [-0.3, -0.25) is 9.59 Å². The van der Waals surface area contributed by atoms with Crippen molar-refractivity contribution in [1.82, 2.24) is 4.90 Å². The van der Waals surface area contributed by atoms with E-state index in [0.717, 1.165) is 5.56 Å². The Labute approximate surface area is 163 Å². The molecule has 2 heterocycles. The van der Waals surface area contributed by atoms with Crippen molar-refractivity contribution in [3.63, 3.8) is 0 Å². The molecule has 28 heavy (non-hydrogen) atoms. The molecule has 2 aliphatic heterocycles. The molecule has 0 saturated carbocycles. The molecule has 146 valence electrons. The van der Waals surface area contributed by atoms with Crippen molar-refractivity contribution in [2.45, 2.75) is 31.4 Å². The predicted molar refractivity (Wildman–Crippen MR) is 104 cm³/mol. The van der Waals surface area contributed by atoms with E-state index in [-0.39, 0.29) is 17.6 Å². The molecule has 1 unspecified atom stereocenters. The molecule has 1 spiro atoms. The maximum absolute atomic E-state index is 13.7. The maximum Gasteiger partial charge on any atom is 0.259 e. The molecule has 0 N–H and O–H groups in total. The van der Waals surface area contributed by atoms with E-state index in [0.29, 0.717) is 37.2 Å². The quantitative estimate of drug-likeness (QED) is 0.766. The molecule has 0 aliphatic carbocycles. The minimum atomic E-state index is -0.563. The zero-order valence-corrected chi connectivity index (χ0v) is 16.0. The molecule has 0 radical (unpaired) electrons. The van der Waals surface area contributed by atoms with E-state index in [2.05, 4.69) is 0 Å². The van der Waals surface area contributed by atoms with Gasteiger partial charge in [0, 0.05) is 31.5 Å². The van der Waals surface area contributed by atoms with Crippen LogP contribution in [-0.2, 0) is 9.53 Å². The number of benzene rings is 2. The summed E-state index contributed by atoms with van der Waals surface area (Å²) >= 11 is 0. The molecular formula is C22H23FN2O3. The number of carbonyl (C=O) groups is 2. The Kier molecular flexibility index (Phi) is 4.67. The third-order valence-electron chi connectivity index (χ3n) is 5.86. The summed E-state index contributed by atoms with van der Waals surface area (Å²) in [5.74, 6) is -0.546. The second kappa shape index (κ2) is 7.02. The molecule has 2 aromatic carbocycles. The van der Waals surface area contributed by atoms with Crippen LogP contribution in [0.1, 0.15) is 28.8 Å². The minimum absolute atomic E-state index is 0.00419. The Morgan fingerprint density at radius 1 is 1.14 bits per heavy atom. The second-order valence-electron chi connectivity index (χ2n) is 7.53. The van der Waals surface area contributed by atoms with Gasteiger partial charge in [0.15, 0.2) is 6.10 Å². The van der Waals surface area contributed by atoms with Gasteiger partial charge in [-0.15, -0.1) is 0 Å². The lowest BCUT2D eigenvalue weighted by molar-refractivity contribution is -0.150. The highest BCUT2D eigenvalue weighted by Gasteiger charge is 2.62. The highest BCUT2D eigenvalue weighted by molar-refractivity contribution is 6.07. The maximum atomic E-state index is 13.7. The van der Waals surface area contributed by atoms with Crippen LogP contribution >= 0.6 is 0 Å². The number of anilines is 1. The monoisotopic (exact) mass is 382 g/mol. The SMILES string of the molecule is COC1C(=O)N(c2cccc(F)c2)C12CCN(C(=O)c1cccc(C)c1)CC2. The Hall–Kier alpha value is -2.73. The van der Waals surface area contributed by atoms with Crippen molar-refractivity contribution in [3.8, 4) is 0 Å². The number of aryl methyl sites for hydroxylation is 1. The first-order valence-electron chi connectivity index (χ1n) is 9.45. The van der Waals surface area contributed by atoms with Crippen LogP contribution in [0.5, 0.6) is 0 Å². The van der Waals surface area contributed by atoms with Gasteiger partial charge in [0.25, 0.3) is 11.8 Å². The van der Waals surface area contributed by atoms with Gasteiger partial charge < -0.3 is 14.5 Å². The summed E-state index contributed by atoms with van der Waals surface area (Å²) in [4.78, 5) is 29.0. The first-order chi connectivity index (χ1) is 13.5. The van der Waals surface area contributed by atoms with Crippen LogP contribution in [0.25, 0.3) is 0 Å². The van der Waals surface area contributed by atoms with Gasteiger partial charge in [-0.1, -0.05) is 23.8 Å². The molecule has 4 rings (SSSR count). The number of likely N-dealkylation sites (tertiary alicyclic amines) is 1. The molecule has 6 heteroatoms. The van der Waals surface area contributed by atoms with Gasteiger partial charge in [0.05, 0.1) is 5.54 Å². The summed E-state index contributed by atoms with van der Waals surface area (Å²) in [7, 11) is 1.53. The summed E-state index contributed by atoms with van der Waals surface area (Å²) in [5.41, 5.74) is 1.71. The molecule has 0 bridgehead atoms. The number of amides is 2. The van der Waals surface area contributed by atoms with E-state index in [9.17, 15) is 14.0 Å². The third-order valence-corrected chi connectivity index (χ3v) is 5.86. The second-order valence-corrected chi connectivity index (χ2v) is 7.53. The van der Waals surface area contributed by atoms with Crippen molar-refractivity contribution in [2.75, 3.05) is 25.1 Å². The number of halogens is 1. The van der Waals surface area contributed by atoms with E-state index in [1.807, 2.05) is 36.1 Å². The zero-order valence-electron chi connectivity index (χ0n) is 16.0. The smallest absolute Gasteiger partial charge is 0.259 e. The molecule has 2 aliphatic rings. The number of carbonyl (C=O) groups excluding carboxylic acids is 2. The molecule has 2 fully saturated rings.